The van der Waals surface area contributed by atoms with Crippen LogP contribution in [0.5, 0.6) is 0 Å². The lowest BCUT2D eigenvalue weighted by atomic mass is 10.0. The lowest BCUT2D eigenvalue weighted by Gasteiger charge is -2.27. The molecule has 2 heterocycles. The largest absolute Gasteiger partial charge is 0.417 e. The topological polar surface area (TPSA) is 132 Å². The summed E-state index contributed by atoms with van der Waals surface area (Å²) in [6.07, 6.45) is 0.985. The number of hydrogen-bond acceptors (Lipinski definition) is 7. The van der Waals surface area contributed by atoms with Gasteiger partial charge in [-0.05, 0) is 38.0 Å². The average Bonchev–Trinajstić information content (AvgIpc) is 3.22. The highest BCUT2D eigenvalue weighted by Gasteiger charge is 2.32. The van der Waals surface area contributed by atoms with Crippen molar-refractivity contribution >= 4 is 11.8 Å². The zero-order valence-corrected chi connectivity index (χ0v) is 19.7. The van der Waals surface area contributed by atoms with Crippen molar-refractivity contribution in [3.63, 3.8) is 0 Å². The quantitative estimate of drug-likeness (QED) is 0.516. The highest BCUT2D eigenvalue weighted by Crippen LogP contribution is 2.19. The second kappa shape index (κ2) is 9.94. The zero-order valence-electron chi connectivity index (χ0n) is 19.7. The SMILES string of the molecule is CCCc1c(C(=O)NCc2ccc(F)cc2)nc(C(C)(C)NC(=O)c2nnc(C)o2)n(C)c1=O. The van der Waals surface area contributed by atoms with Gasteiger partial charge in [0.05, 0.1) is 5.54 Å². The molecule has 0 atom stereocenters. The Labute approximate surface area is 195 Å². The fourth-order valence-corrected chi connectivity index (χ4v) is 3.52. The van der Waals surface area contributed by atoms with E-state index in [4.69, 9.17) is 4.42 Å². The van der Waals surface area contributed by atoms with E-state index in [-0.39, 0.29) is 46.8 Å². The van der Waals surface area contributed by atoms with E-state index < -0.39 is 17.4 Å². The van der Waals surface area contributed by atoms with Gasteiger partial charge in [-0.3, -0.25) is 19.0 Å². The molecule has 0 aliphatic heterocycles. The molecule has 0 fully saturated rings. The van der Waals surface area contributed by atoms with Crippen LogP contribution in [0, 0.1) is 12.7 Å². The predicted octanol–water partition coefficient (Wildman–Crippen LogP) is 2.16. The van der Waals surface area contributed by atoms with Gasteiger partial charge in [-0.1, -0.05) is 25.5 Å². The molecule has 34 heavy (non-hydrogen) atoms. The second-order valence-electron chi connectivity index (χ2n) is 8.39. The van der Waals surface area contributed by atoms with Gasteiger partial charge < -0.3 is 15.1 Å². The first-order valence-electron chi connectivity index (χ1n) is 10.8. The van der Waals surface area contributed by atoms with Crippen LogP contribution in [0.1, 0.15) is 71.2 Å². The molecule has 10 nitrogen and oxygen atoms in total. The van der Waals surface area contributed by atoms with Crippen molar-refractivity contribution in [3.8, 4) is 0 Å². The third-order valence-electron chi connectivity index (χ3n) is 5.17. The molecule has 0 saturated heterocycles. The Hall–Kier alpha value is -3.89. The summed E-state index contributed by atoms with van der Waals surface area (Å²) in [5.74, 6) is -1.37. The standard InChI is InChI=1S/C23H27FN6O4/c1-6-7-16-17(18(31)25-12-14-8-10-15(24)11-9-14)26-22(30(5)21(16)33)23(3,4)27-19(32)20-29-28-13(2)34-20/h8-11H,6-7,12H2,1-5H3,(H,25,31)(H,27,32). The molecule has 1 aromatic carbocycles. The highest BCUT2D eigenvalue weighted by molar-refractivity contribution is 5.93. The van der Waals surface area contributed by atoms with Crippen LogP contribution < -0.4 is 16.2 Å². The normalized spacial score (nSPS) is 11.4. The molecule has 0 aliphatic carbocycles. The fraction of sp³-hybridized carbons (Fsp3) is 0.391. The molecular formula is C23H27FN6O4. The molecule has 11 heteroatoms. The molecule has 0 saturated carbocycles. The zero-order chi connectivity index (χ0) is 25.0. The Morgan fingerprint density at radius 3 is 2.41 bits per heavy atom. The van der Waals surface area contributed by atoms with Crippen LogP contribution >= 0.6 is 0 Å². The fourth-order valence-electron chi connectivity index (χ4n) is 3.52. The Morgan fingerprint density at radius 2 is 1.82 bits per heavy atom. The minimum absolute atomic E-state index is 0.0157. The van der Waals surface area contributed by atoms with Gasteiger partial charge in [-0.15, -0.1) is 10.2 Å². The monoisotopic (exact) mass is 470 g/mol. The van der Waals surface area contributed by atoms with Crippen molar-refractivity contribution in [3.05, 3.63) is 74.9 Å². The highest BCUT2D eigenvalue weighted by atomic mass is 19.1. The first kappa shape index (κ1) is 24.7. The maximum absolute atomic E-state index is 13.2. The van der Waals surface area contributed by atoms with E-state index in [1.165, 1.54) is 23.7 Å². The van der Waals surface area contributed by atoms with Crippen LogP contribution in [0.2, 0.25) is 0 Å². The van der Waals surface area contributed by atoms with Gasteiger partial charge in [0, 0.05) is 26.1 Å². The van der Waals surface area contributed by atoms with E-state index in [0.29, 0.717) is 18.4 Å². The summed E-state index contributed by atoms with van der Waals surface area (Å²) in [7, 11) is 1.54. The molecule has 0 radical (unpaired) electrons. The third kappa shape index (κ3) is 5.36. The molecule has 3 rings (SSSR count). The summed E-state index contributed by atoms with van der Waals surface area (Å²) in [5.41, 5.74) is -0.588. The number of carbonyl (C=O) groups is 2. The molecule has 0 aliphatic rings. The lowest BCUT2D eigenvalue weighted by molar-refractivity contribution is 0.0869. The predicted molar refractivity (Wildman–Crippen MR) is 121 cm³/mol. The van der Waals surface area contributed by atoms with Crippen molar-refractivity contribution in [2.24, 2.45) is 7.05 Å². The van der Waals surface area contributed by atoms with E-state index in [1.54, 1.807) is 32.9 Å². The van der Waals surface area contributed by atoms with Crippen molar-refractivity contribution in [2.45, 2.75) is 52.6 Å². The van der Waals surface area contributed by atoms with Gasteiger partial charge in [0.25, 0.3) is 11.5 Å². The minimum atomic E-state index is -1.16. The van der Waals surface area contributed by atoms with E-state index in [1.807, 2.05) is 6.92 Å². The van der Waals surface area contributed by atoms with Crippen molar-refractivity contribution in [1.82, 2.24) is 30.4 Å². The van der Waals surface area contributed by atoms with Gasteiger partial charge in [0.15, 0.2) is 0 Å². The van der Waals surface area contributed by atoms with Crippen molar-refractivity contribution in [1.29, 1.82) is 0 Å². The minimum Gasteiger partial charge on any atom is -0.417 e. The summed E-state index contributed by atoms with van der Waals surface area (Å²) in [4.78, 5) is 43.3. The smallest absolute Gasteiger partial charge is 0.309 e. The Kier molecular flexibility index (Phi) is 7.23. The van der Waals surface area contributed by atoms with E-state index >= 15 is 0 Å². The van der Waals surface area contributed by atoms with Gasteiger partial charge in [-0.25, -0.2) is 9.37 Å². The first-order valence-corrected chi connectivity index (χ1v) is 10.8. The number of aromatic nitrogens is 4. The number of halogens is 1. The number of rotatable bonds is 8. The molecule has 0 unspecified atom stereocenters. The van der Waals surface area contributed by atoms with Crippen LogP contribution in [0.25, 0.3) is 0 Å². The number of hydrogen-bond donors (Lipinski definition) is 2. The van der Waals surface area contributed by atoms with E-state index in [0.717, 1.165) is 0 Å². The van der Waals surface area contributed by atoms with Gasteiger partial charge >= 0.3 is 11.8 Å². The summed E-state index contributed by atoms with van der Waals surface area (Å²) in [6.45, 7) is 6.88. The molecular weight excluding hydrogens is 443 g/mol. The number of benzene rings is 1. The first-order chi connectivity index (χ1) is 16.0. The van der Waals surface area contributed by atoms with E-state index in [2.05, 4.69) is 25.8 Å². The Bertz CT molecular complexity index is 1260. The van der Waals surface area contributed by atoms with Crippen LogP contribution in [0.15, 0.2) is 33.5 Å². The van der Waals surface area contributed by atoms with Gasteiger partial charge in [0.2, 0.25) is 5.89 Å². The Morgan fingerprint density at radius 1 is 1.15 bits per heavy atom. The summed E-state index contributed by atoms with van der Waals surface area (Å²) < 4.78 is 19.6. The number of nitrogens with one attached hydrogen (secondary N) is 2. The number of amides is 2. The van der Waals surface area contributed by atoms with Crippen LogP contribution in [0.3, 0.4) is 0 Å². The molecule has 2 aromatic heterocycles. The van der Waals surface area contributed by atoms with E-state index in [9.17, 15) is 18.8 Å². The molecule has 2 amide bonds. The lowest BCUT2D eigenvalue weighted by Crippen LogP contribution is -2.46. The van der Waals surface area contributed by atoms with Crippen LogP contribution in [0.4, 0.5) is 4.39 Å². The second-order valence-corrected chi connectivity index (χ2v) is 8.39. The summed E-state index contributed by atoms with van der Waals surface area (Å²) in [6, 6.07) is 5.72. The van der Waals surface area contributed by atoms with Gasteiger partial charge in [0.1, 0.15) is 17.3 Å². The van der Waals surface area contributed by atoms with Crippen LogP contribution in [-0.2, 0) is 25.6 Å². The molecule has 2 N–H and O–H groups in total. The average molecular weight is 471 g/mol. The molecule has 180 valence electrons. The number of nitrogens with zero attached hydrogens (tertiary/aromatic N) is 4. The summed E-state index contributed by atoms with van der Waals surface area (Å²) in [5, 5.41) is 12.8. The third-order valence-corrected chi connectivity index (χ3v) is 5.17. The number of aryl methyl sites for hydroxylation is 1. The molecule has 3 aromatic rings. The number of carbonyl (C=O) groups excluding carboxylic acids is 2. The van der Waals surface area contributed by atoms with Crippen molar-refractivity contribution in [2.75, 3.05) is 0 Å². The molecule has 0 bridgehead atoms. The van der Waals surface area contributed by atoms with Crippen molar-refractivity contribution < 1.29 is 18.4 Å². The maximum atomic E-state index is 13.2. The van der Waals surface area contributed by atoms with Gasteiger partial charge in [-0.2, -0.15) is 0 Å². The maximum Gasteiger partial charge on any atom is 0.309 e. The summed E-state index contributed by atoms with van der Waals surface area (Å²) >= 11 is 0. The van der Waals surface area contributed by atoms with Crippen LogP contribution in [-0.4, -0.2) is 31.6 Å². The molecule has 0 spiro atoms. The Balaban J connectivity index is 1.94.